The number of aliphatic hydroxyl groups excluding tert-OH is 2. The zero-order chi connectivity index (χ0) is 21.5. The molecule has 1 amide bonds. The van der Waals surface area contributed by atoms with Gasteiger partial charge in [-0.15, -0.1) is 0 Å². The highest BCUT2D eigenvalue weighted by Gasteiger charge is 2.60. The van der Waals surface area contributed by atoms with Crippen molar-refractivity contribution in [2.24, 2.45) is 46.3 Å². The molecule has 0 aromatic heterocycles. The summed E-state index contributed by atoms with van der Waals surface area (Å²) in [7, 11) is 0. The van der Waals surface area contributed by atoms with Crippen molar-refractivity contribution in [3.8, 4) is 0 Å². The number of amides is 1. The second-order valence-corrected chi connectivity index (χ2v) is 11.9. The van der Waals surface area contributed by atoms with E-state index >= 15 is 0 Å². The van der Waals surface area contributed by atoms with Gasteiger partial charge in [0.1, 0.15) is 0 Å². The van der Waals surface area contributed by atoms with Crippen LogP contribution in [0.3, 0.4) is 0 Å². The molecule has 0 aromatic carbocycles. The van der Waals surface area contributed by atoms with Gasteiger partial charge in [0, 0.05) is 13.0 Å². The molecule has 4 nitrogen and oxygen atoms in total. The lowest BCUT2D eigenvalue weighted by Crippen LogP contribution is -2.54. The lowest BCUT2D eigenvalue weighted by molar-refractivity contribution is -0.129. The Morgan fingerprint density at radius 2 is 1.77 bits per heavy atom. The van der Waals surface area contributed by atoms with Crippen LogP contribution < -0.4 is 5.32 Å². The highest BCUT2D eigenvalue weighted by molar-refractivity contribution is 5.75. The van der Waals surface area contributed by atoms with Crippen LogP contribution >= 0.6 is 0 Å². The maximum atomic E-state index is 12.0. The number of rotatable bonds is 6. The average Bonchev–Trinajstić information content (AvgIpc) is 3.08. The summed E-state index contributed by atoms with van der Waals surface area (Å²) < 4.78 is 0. The van der Waals surface area contributed by atoms with E-state index in [-0.39, 0.29) is 18.6 Å². The molecule has 4 saturated carbocycles. The first kappa shape index (κ1) is 22.6. The molecule has 3 N–H and O–H groups in total. The third-order valence-corrected chi connectivity index (χ3v) is 10.7. The largest absolute Gasteiger partial charge is 0.395 e. The maximum absolute atomic E-state index is 12.0. The van der Waals surface area contributed by atoms with Crippen LogP contribution in [0.15, 0.2) is 0 Å². The Morgan fingerprint density at radius 1 is 1.03 bits per heavy atom. The molecule has 172 valence electrons. The molecule has 0 radical (unpaired) electrons. The molecule has 0 spiro atoms. The molecule has 0 heterocycles. The Labute approximate surface area is 183 Å². The minimum absolute atomic E-state index is 0.0188. The van der Waals surface area contributed by atoms with Gasteiger partial charge in [-0.3, -0.25) is 4.79 Å². The van der Waals surface area contributed by atoms with Crippen LogP contribution in [0.1, 0.15) is 91.4 Å². The number of hydrogen-bond donors (Lipinski definition) is 3. The molecule has 4 rings (SSSR count). The fraction of sp³-hybridized carbons (Fsp3) is 0.962. The van der Waals surface area contributed by atoms with Crippen LogP contribution in [0.5, 0.6) is 0 Å². The standard InChI is InChI=1S/C26H45NO3/c1-17(4-9-24(30)27-14-15-28)21-7-8-22-20-6-5-18-16-19(29)10-12-25(18,2)23(20)11-13-26(21,22)3/h17-23,28-29H,4-16H2,1-3H3,(H,27,30)/t17-,18-,19-,20+,21-,22+,23+,25+,26-/m1/s1. The highest BCUT2D eigenvalue weighted by atomic mass is 16.3. The molecule has 0 unspecified atom stereocenters. The summed E-state index contributed by atoms with van der Waals surface area (Å²) in [6.45, 7) is 7.93. The Balaban J connectivity index is 1.42. The van der Waals surface area contributed by atoms with Crippen molar-refractivity contribution < 1.29 is 15.0 Å². The molecule has 0 bridgehead atoms. The summed E-state index contributed by atoms with van der Waals surface area (Å²) >= 11 is 0. The van der Waals surface area contributed by atoms with E-state index in [1.165, 1.54) is 44.9 Å². The maximum Gasteiger partial charge on any atom is 0.220 e. The molecule has 0 aliphatic heterocycles. The van der Waals surface area contributed by atoms with E-state index in [4.69, 9.17) is 5.11 Å². The van der Waals surface area contributed by atoms with Crippen LogP contribution in [0, 0.1) is 46.3 Å². The predicted octanol–water partition coefficient (Wildman–Crippen LogP) is 4.53. The van der Waals surface area contributed by atoms with Gasteiger partial charge in [0.2, 0.25) is 5.91 Å². The second kappa shape index (κ2) is 8.73. The van der Waals surface area contributed by atoms with Gasteiger partial charge >= 0.3 is 0 Å². The summed E-state index contributed by atoms with van der Waals surface area (Å²) in [5.74, 6) is 4.76. The Hall–Kier alpha value is -0.610. The first-order valence-corrected chi connectivity index (χ1v) is 12.8. The first-order chi connectivity index (χ1) is 14.3. The van der Waals surface area contributed by atoms with Gasteiger partial charge in [-0.2, -0.15) is 0 Å². The predicted molar refractivity (Wildman–Crippen MR) is 120 cm³/mol. The number of nitrogens with one attached hydrogen (secondary N) is 1. The molecule has 4 heteroatoms. The lowest BCUT2D eigenvalue weighted by atomic mass is 9.44. The van der Waals surface area contributed by atoms with Gasteiger partial charge < -0.3 is 15.5 Å². The number of aliphatic hydroxyl groups is 2. The van der Waals surface area contributed by atoms with Gasteiger partial charge in [0.15, 0.2) is 0 Å². The van der Waals surface area contributed by atoms with Gasteiger partial charge in [0.25, 0.3) is 0 Å². The third kappa shape index (κ3) is 3.85. The van der Waals surface area contributed by atoms with Gasteiger partial charge in [0.05, 0.1) is 12.7 Å². The summed E-state index contributed by atoms with van der Waals surface area (Å²) in [4.78, 5) is 12.0. The van der Waals surface area contributed by atoms with Crippen molar-refractivity contribution in [2.75, 3.05) is 13.2 Å². The van der Waals surface area contributed by atoms with E-state index in [9.17, 15) is 9.90 Å². The van der Waals surface area contributed by atoms with Gasteiger partial charge in [-0.05, 0) is 111 Å². The van der Waals surface area contributed by atoms with Crippen molar-refractivity contribution in [1.29, 1.82) is 0 Å². The van der Waals surface area contributed by atoms with Crippen molar-refractivity contribution >= 4 is 5.91 Å². The minimum atomic E-state index is -0.0558. The SMILES string of the molecule is C[C@H](CCC(=O)NCCO)[C@H]1CC[C@H]2[C@@H]3CC[C@@H]4C[C@H](O)CC[C@]4(C)[C@H]3CC[C@]12C. The zero-order valence-corrected chi connectivity index (χ0v) is 19.5. The van der Waals surface area contributed by atoms with Crippen LogP contribution in [0.4, 0.5) is 0 Å². The zero-order valence-electron chi connectivity index (χ0n) is 19.5. The van der Waals surface area contributed by atoms with Crippen LogP contribution in [0.2, 0.25) is 0 Å². The van der Waals surface area contributed by atoms with E-state index in [1.807, 2.05) is 0 Å². The number of fused-ring (bicyclic) bond motifs is 5. The fourth-order valence-electron chi connectivity index (χ4n) is 9.05. The van der Waals surface area contributed by atoms with Crippen LogP contribution in [-0.4, -0.2) is 35.4 Å². The Morgan fingerprint density at radius 3 is 2.53 bits per heavy atom. The van der Waals surface area contributed by atoms with Crippen molar-refractivity contribution in [3.05, 3.63) is 0 Å². The molecule has 0 saturated heterocycles. The van der Waals surface area contributed by atoms with Crippen molar-refractivity contribution in [3.63, 3.8) is 0 Å². The number of carbonyl (C=O) groups is 1. The van der Waals surface area contributed by atoms with E-state index < -0.39 is 0 Å². The molecule has 30 heavy (non-hydrogen) atoms. The van der Waals surface area contributed by atoms with E-state index in [0.717, 1.165) is 48.9 Å². The first-order valence-electron chi connectivity index (χ1n) is 12.8. The number of hydrogen-bond acceptors (Lipinski definition) is 3. The molecular formula is C26H45NO3. The summed E-state index contributed by atoms with van der Waals surface area (Å²) in [6.07, 6.45) is 12.9. The van der Waals surface area contributed by atoms with Gasteiger partial charge in [-0.1, -0.05) is 20.8 Å². The van der Waals surface area contributed by atoms with E-state index in [2.05, 4.69) is 26.1 Å². The summed E-state index contributed by atoms with van der Waals surface area (Å²) in [5.41, 5.74) is 0.900. The molecule has 4 aliphatic carbocycles. The Kier molecular flexibility index (Phi) is 6.57. The van der Waals surface area contributed by atoms with E-state index in [1.54, 1.807) is 0 Å². The summed E-state index contributed by atoms with van der Waals surface area (Å²) in [5, 5.41) is 21.9. The summed E-state index contributed by atoms with van der Waals surface area (Å²) in [6, 6.07) is 0. The molecule has 4 fully saturated rings. The second-order valence-electron chi connectivity index (χ2n) is 11.9. The van der Waals surface area contributed by atoms with E-state index in [0.29, 0.717) is 29.7 Å². The van der Waals surface area contributed by atoms with Crippen LogP contribution in [0.25, 0.3) is 0 Å². The smallest absolute Gasteiger partial charge is 0.220 e. The molecule has 9 atom stereocenters. The van der Waals surface area contributed by atoms with Crippen molar-refractivity contribution in [2.45, 2.75) is 97.5 Å². The Bertz CT molecular complexity index is 623. The number of carbonyl (C=O) groups excluding carboxylic acids is 1. The average molecular weight is 420 g/mol. The highest BCUT2D eigenvalue weighted by Crippen LogP contribution is 2.68. The van der Waals surface area contributed by atoms with Gasteiger partial charge in [-0.25, -0.2) is 0 Å². The quantitative estimate of drug-likeness (QED) is 0.592. The fourth-order valence-corrected chi connectivity index (χ4v) is 9.05. The monoisotopic (exact) mass is 419 g/mol. The third-order valence-electron chi connectivity index (χ3n) is 10.7. The molecule has 4 aliphatic rings. The molecule has 0 aromatic rings. The lowest BCUT2D eigenvalue weighted by Gasteiger charge is -2.61. The van der Waals surface area contributed by atoms with Crippen LogP contribution in [-0.2, 0) is 4.79 Å². The molecular weight excluding hydrogens is 374 g/mol. The van der Waals surface area contributed by atoms with Crippen molar-refractivity contribution in [1.82, 2.24) is 5.32 Å². The topological polar surface area (TPSA) is 69.6 Å². The minimum Gasteiger partial charge on any atom is -0.395 e. The normalized spacial score (nSPS) is 46.4.